The fourth-order valence-corrected chi connectivity index (χ4v) is 3.56. The number of benzene rings is 2. The van der Waals surface area contributed by atoms with Crippen LogP contribution in [0.5, 0.6) is 0 Å². The van der Waals surface area contributed by atoms with Gasteiger partial charge in [-0.15, -0.1) is 0 Å². The summed E-state index contributed by atoms with van der Waals surface area (Å²) in [5, 5.41) is 0. The fourth-order valence-electron chi connectivity index (χ4n) is 3.56. The van der Waals surface area contributed by atoms with Crippen LogP contribution in [0.3, 0.4) is 0 Å². The van der Waals surface area contributed by atoms with E-state index in [0.29, 0.717) is 0 Å². The molecule has 1 aliphatic heterocycles. The summed E-state index contributed by atoms with van der Waals surface area (Å²) in [6.45, 7) is 6.70. The number of hydrogen-bond acceptors (Lipinski definition) is 1. The van der Waals surface area contributed by atoms with Crippen LogP contribution in [-0.2, 0) is 5.41 Å². The Morgan fingerprint density at radius 1 is 0.810 bits per heavy atom. The molecule has 2 aromatic carbocycles. The van der Waals surface area contributed by atoms with Gasteiger partial charge in [-0.2, -0.15) is 0 Å². The van der Waals surface area contributed by atoms with Gasteiger partial charge in [0.25, 0.3) is 0 Å². The van der Waals surface area contributed by atoms with Gasteiger partial charge in [-0.05, 0) is 58.0 Å². The van der Waals surface area contributed by atoms with E-state index in [-0.39, 0.29) is 5.41 Å². The molecule has 1 heteroatoms. The number of aryl methyl sites for hydroxylation is 2. The zero-order chi connectivity index (χ0) is 14.9. The van der Waals surface area contributed by atoms with E-state index in [1.165, 1.54) is 48.2 Å². The molecule has 0 saturated carbocycles. The Morgan fingerprint density at radius 2 is 1.48 bits per heavy atom. The first-order valence-corrected chi connectivity index (χ1v) is 7.93. The number of rotatable bonds is 2. The van der Waals surface area contributed by atoms with Crippen LogP contribution >= 0.6 is 0 Å². The highest BCUT2D eigenvalue weighted by atomic mass is 15.1. The minimum absolute atomic E-state index is 0.187. The fraction of sp³-hybridized carbons (Fsp3) is 0.400. The van der Waals surface area contributed by atoms with Gasteiger partial charge in [0.05, 0.1) is 0 Å². The summed E-state index contributed by atoms with van der Waals surface area (Å²) in [6.07, 6.45) is 2.41. The number of piperidine rings is 1. The summed E-state index contributed by atoms with van der Waals surface area (Å²) < 4.78 is 0. The lowest BCUT2D eigenvalue weighted by Crippen LogP contribution is -2.41. The van der Waals surface area contributed by atoms with Crippen molar-refractivity contribution in [3.63, 3.8) is 0 Å². The van der Waals surface area contributed by atoms with Gasteiger partial charge in [0.15, 0.2) is 0 Å². The average molecular weight is 279 g/mol. The van der Waals surface area contributed by atoms with Crippen molar-refractivity contribution in [1.82, 2.24) is 4.90 Å². The molecule has 0 radical (unpaired) electrons. The molecule has 0 spiro atoms. The molecule has 0 aromatic heterocycles. The summed E-state index contributed by atoms with van der Waals surface area (Å²) in [7, 11) is 2.23. The predicted molar refractivity (Wildman–Crippen MR) is 89.9 cm³/mol. The molecule has 110 valence electrons. The Balaban J connectivity index is 2.09. The molecule has 1 aliphatic rings. The Labute approximate surface area is 128 Å². The van der Waals surface area contributed by atoms with Gasteiger partial charge in [-0.25, -0.2) is 0 Å². The van der Waals surface area contributed by atoms with Gasteiger partial charge in [-0.3, -0.25) is 0 Å². The van der Waals surface area contributed by atoms with Gasteiger partial charge in [-0.1, -0.05) is 59.7 Å². The maximum Gasteiger partial charge on any atom is 0.0227 e. The van der Waals surface area contributed by atoms with E-state index >= 15 is 0 Å². The van der Waals surface area contributed by atoms with Crippen molar-refractivity contribution in [3.05, 3.63) is 70.8 Å². The topological polar surface area (TPSA) is 3.24 Å². The normalized spacial score (nSPS) is 18.6. The van der Waals surface area contributed by atoms with Gasteiger partial charge < -0.3 is 4.90 Å². The number of nitrogens with zero attached hydrogens (tertiary/aromatic N) is 1. The first-order chi connectivity index (χ1) is 10.1. The Morgan fingerprint density at radius 3 is 2.10 bits per heavy atom. The molecular formula is C20H25N. The average Bonchev–Trinajstić information content (AvgIpc) is 2.49. The van der Waals surface area contributed by atoms with E-state index in [9.17, 15) is 0 Å². The van der Waals surface area contributed by atoms with Crippen molar-refractivity contribution in [3.8, 4) is 0 Å². The lowest BCUT2D eigenvalue weighted by molar-refractivity contribution is 0.213. The lowest BCUT2D eigenvalue weighted by atomic mass is 9.68. The molecule has 0 N–H and O–H groups in total. The van der Waals surface area contributed by atoms with Gasteiger partial charge in [0, 0.05) is 5.41 Å². The SMILES string of the molecule is Cc1ccc(C2(c3cccc(C)c3)CCN(C)CC2)cc1. The third-order valence-corrected chi connectivity index (χ3v) is 5.02. The van der Waals surface area contributed by atoms with E-state index in [4.69, 9.17) is 0 Å². The van der Waals surface area contributed by atoms with Crippen molar-refractivity contribution in [2.24, 2.45) is 0 Å². The highest BCUT2D eigenvalue weighted by molar-refractivity contribution is 5.42. The summed E-state index contributed by atoms with van der Waals surface area (Å²) in [6, 6.07) is 18.3. The van der Waals surface area contributed by atoms with Crippen LogP contribution in [0.15, 0.2) is 48.5 Å². The van der Waals surface area contributed by atoms with Crippen LogP contribution in [0, 0.1) is 13.8 Å². The second-order valence-electron chi connectivity index (χ2n) is 6.62. The van der Waals surface area contributed by atoms with Gasteiger partial charge >= 0.3 is 0 Å². The monoisotopic (exact) mass is 279 g/mol. The van der Waals surface area contributed by atoms with E-state index in [1.807, 2.05) is 0 Å². The van der Waals surface area contributed by atoms with Gasteiger partial charge in [0.2, 0.25) is 0 Å². The second-order valence-corrected chi connectivity index (χ2v) is 6.62. The maximum atomic E-state index is 2.45. The quantitative estimate of drug-likeness (QED) is 0.791. The van der Waals surface area contributed by atoms with Crippen LogP contribution in [0.2, 0.25) is 0 Å². The van der Waals surface area contributed by atoms with E-state index in [1.54, 1.807) is 0 Å². The van der Waals surface area contributed by atoms with Crippen LogP contribution < -0.4 is 0 Å². The standard InChI is InChI=1S/C20H25N/c1-16-7-9-18(10-8-16)20(11-13-21(3)14-12-20)19-6-4-5-17(2)15-19/h4-10,15H,11-14H2,1-3H3. The van der Waals surface area contributed by atoms with Crippen molar-refractivity contribution in [2.75, 3.05) is 20.1 Å². The highest BCUT2D eigenvalue weighted by Gasteiger charge is 2.36. The summed E-state index contributed by atoms with van der Waals surface area (Å²) >= 11 is 0. The van der Waals surface area contributed by atoms with E-state index in [0.717, 1.165) is 0 Å². The van der Waals surface area contributed by atoms with Gasteiger partial charge in [0.1, 0.15) is 0 Å². The molecule has 1 heterocycles. The van der Waals surface area contributed by atoms with Crippen LogP contribution in [0.1, 0.15) is 35.1 Å². The zero-order valence-corrected chi connectivity index (χ0v) is 13.4. The minimum atomic E-state index is 0.187. The van der Waals surface area contributed by atoms with Crippen molar-refractivity contribution in [2.45, 2.75) is 32.1 Å². The number of hydrogen-bond donors (Lipinski definition) is 0. The lowest BCUT2D eigenvalue weighted by Gasteiger charge is -2.42. The molecule has 0 amide bonds. The van der Waals surface area contributed by atoms with Crippen molar-refractivity contribution < 1.29 is 0 Å². The molecule has 2 aromatic rings. The largest absolute Gasteiger partial charge is 0.306 e. The van der Waals surface area contributed by atoms with E-state index < -0.39 is 0 Å². The first-order valence-electron chi connectivity index (χ1n) is 7.93. The van der Waals surface area contributed by atoms with Crippen LogP contribution in [0.4, 0.5) is 0 Å². The highest BCUT2D eigenvalue weighted by Crippen LogP contribution is 2.41. The Bertz CT molecular complexity index is 604. The number of likely N-dealkylation sites (tertiary alicyclic amines) is 1. The molecule has 0 atom stereocenters. The third-order valence-electron chi connectivity index (χ3n) is 5.02. The van der Waals surface area contributed by atoms with Crippen LogP contribution in [-0.4, -0.2) is 25.0 Å². The summed E-state index contributed by atoms with van der Waals surface area (Å²) in [4.78, 5) is 2.45. The maximum absolute atomic E-state index is 2.45. The molecule has 0 aliphatic carbocycles. The molecular weight excluding hydrogens is 254 g/mol. The molecule has 0 bridgehead atoms. The minimum Gasteiger partial charge on any atom is -0.306 e. The Kier molecular flexibility index (Phi) is 3.86. The molecule has 0 unspecified atom stereocenters. The van der Waals surface area contributed by atoms with Crippen LogP contribution in [0.25, 0.3) is 0 Å². The second kappa shape index (κ2) is 5.65. The molecule has 1 saturated heterocycles. The van der Waals surface area contributed by atoms with Crippen molar-refractivity contribution >= 4 is 0 Å². The third kappa shape index (κ3) is 2.75. The zero-order valence-electron chi connectivity index (χ0n) is 13.4. The molecule has 1 fully saturated rings. The molecule has 21 heavy (non-hydrogen) atoms. The summed E-state index contributed by atoms with van der Waals surface area (Å²) in [5.41, 5.74) is 5.85. The van der Waals surface area contributed by atoms with Crippen molar-refractivity contribution in [1.29, 1.82) is 0 Å². The summed E-state index contributed by atoms with van der Waals surface area (Å²) in [5.74, 6) is 0. The Hall–Kier alpha value is -1.60. The molecule has 3 rings (SSSR count). The molecule has 1 nitrogen and oxygen atoms in total. The predicted octanol–water partition coefficient (Wildman–Crippen LogP) is 4.32. The first kappa shape index (κ1) is 14.3. The van der Waals surface area contributed by atoms with E-state index in [2.05, 4.69) is 74.3 Å². The smallest absolute Gasteiger partial charge is 0.0227 e.